The Morgan fingerprint density at radius 3 is 1.11 bits per heavy atom. The largest absolute Gasteiger partial charge is 0.480 e. The van der Waals surface area contributed by atoms with Crippen molar-refractivity contribution in [1.82, 2.24) is 4.90 Å². The van der Waals surface area contributed by atoms with Crippen LogP contribution in [0.4, 0.5) is 0 Å². The van der Waals surface area contributed by atoms with Crippen LogP contribution < -0.4 is 11.5 Å². The van der Waals surface area contributed by atoms with Crippen molar-refractivity contribution in [1.29, 1.82) is 0 Å². The van der Waals surface area contributed by atoms with Crippen molar-refractivity contribution in [2.75, 3.05) is 26.2 Å². The van der Waals surface area contributed by atoms with Gasteiger partial charge in [-0.05, 0) is 51.9 Å². The van der Waals surface area contributed by atoms with Crippen LogP contribution in [0.1, 0.15) is 155 Å². The van der Waals surface area contributed by atoms with E-state index in [4.69, 9.17) is 11.5 Å². The van der Waals surface area contributed by atoms with E-state index < -0.39 is 11.5 Å². The third kappa shape index (κ3) is 17.4. The van der Waals surface area contributed by atoms with E-state index in [2.05, 4.69) is 18.7 Å². The summed E-state index contributed by atoms with van der Waals surface area (Å²) in [7, 11) is 0. The third-order valence-electron chi connectivity index (χ3n) is 7.68. The van der Waals surface area contributed by atoms with E-state index in [9.17, 15) is 9.90 Å². The molecule has 0 saturated carbocycles. The van der Waals surface area contributed by atoms with E-state index in [0.717, 1.165) is 25.9 Å². The number of carboxylic acids is 1. The lowest BCUT2D eigenvalue weighted by atomic mass is 9.88. The van der Waals surface area contributed by atoms with Crippen LogP contribution in [0.3, 0.4) is 0 Å². The highest BCUT2D eigenvalue weighted by Crippen LogP contribution is 2.26. The van der Waals surface area contributed by atoms with Crippen molar-refractivity contribution in [3.05, 3.63) is 0 Å². The van der Waals surface area contributed by atoms with Gasteiger partial charge in [0.15, 0.2) is 0 Å². The summed E-state index contributed by atoms with van der Waals surface area (Å²) in [4.78, 5) is 14.7. The Morgan fingerprint density at radius 2 is 0.857 bits per heavy atom. The van der Waals surface area contributed by atoms with Gasteiger partial charge in [0.05, 0.1) is 0 Å². The summed E-state index contributed by atoms with van der Waals surface area (Å²) in [6.45, 7) is 7.00. The SMILES string of the molecule is CCCCCCCCCCCCN(CCCCCCCCCCCC)C(CCN)(CCN)C(=O)O. The van der Waals surface area contributed by atoms with Gasteiger partial charge >= 0.3 is 5.97 Å². The van der Waals surface area contributed by atoms with Crippen LogP contribution >= 0.6 is 0 Å². The standard InChI is InChI=1S/C30H63N3O2/c1-3-5-7-9-11-13-15-17-19-21-27-33(30(23-25-31,24-26-32)29(34)35)28-22-20-18-16-14-12-10-8-6-4-2/h3-28,31-32H2,1-2H3,(H,34,35). The topological polar surface area (TPSA) is 92.6 Å². The minimum absolute atomic E-state index is 0.388. The summed E-state index contributed by atoms with van der Waals surface area (Å²) < 4.78 is 0. The molecule has 5 N–H and O–H groups in total. The predicted octanol–water partition coefficient (Wildman–Crippen LogP) is 7.65. The van der Waals surface area contributed by atoms with Gasteiger partial charge in [-0.15, -0.1) is 0 Å². The van der Waals surface area contributed by atoms with Crippen molar-refractivity contribution in [3.8, 4) is 0 Å². The van der Waals surface area contributed by atoms with E-state index in [0.29, 0.717) is 25.9 Å². The summed E-state index contributed by atoms with van der Waals surface area (Å²) in [5, 5.41) is 10.2. The summed E-state index contributed by atoms with van der Waals surface area (Å²) in [5.74, 6) is -0.743. The second-order valence-electron chi connectivity index (χ2n) is 10.8. The first-order valence-electron chi connectivity index (χ1n) is 15.5. The fraction of sp³-hybridized carbons (Fsp3) is 0.967. The lowest BCUT2D eigenvalue weighted by molar-refractivity contribution is -0.153. The molecule has 0 heterocycles. The molecule has 0 aromatic rings. The van der Waals surface area contributed by atoms with Gasteiger partial charge in [0.2, 0.25) is 0 Å². The first-order valence-corrected chi connectivity index (χ1v) is 15.5. The number of unbranched alkanes of at least 4 members (excludes halogenated alkanes) is 18. The van der Waals surface area contributed by atoms with E-state index in [1.165, 1.54) is 116 Å². The Morgan fingerprint density at radius 1 is 0.571 bits per heavy atom. The second-order valence-corrected chi connectivity index (χ2v) is 10.8. The molecule has 0 aliphatic heterocycles. The molecule has 210 valence electrons. The molecule has 0 spiro atoms. The molecule has 0 unspecified atom stereocenters. The van der Waals surface area contributed by atoms with Crippen LogP contribution in [0.2, 0.25) is 0 Å². The first kappa shape index (κ1) is 34.4. The Kier molecular flexibility index (Phi) is 24.6. The molecule has 0 atom stereocenters. The van der Waals surface area contributed by atoms with Crippen LogP contribution in [0.15, 0.2) is 0 Å². The lowest BCUT2D eigenvalue weighted by Gasteiger charge is -2.41. The van der Waals surface area contributed by atoms with Crippen molar-refractivity contribution in [2.24, 2.45) is 11.5 Å². The van der Waals surface area contributed by atoms with Gasteiger partial charge < -0.3 is 16.6 Å². The number of carbonyl (C=O) groups is 1. The molecule has 0 aliphatic rings. The Hall–Kier alpha value is -0.650. The normalized spacial score (nSPS) is 12.0. The maximum absolute atomic E-state index is 12.5. The minimum atomic E-state index is -0.901. The van der Waals surface area contributed by atoms with Crippen LogP contribution in [0.25, 0.3) is 0 Å². The zero-order valence-electron chi connectivity index (χ0n) is 23.8. The maximum atomic E-state index is 12.5. The van der Waals surface area contributed by atoms with Crippen molar-refractivity contribution in [2.45, 2.75) is 161 Å². The molecule has 0 rings (SSSR count). The number of hydrogen-bond donors (Lipinski definition) is 3. The molecule has 0 aromatic heterocycles. The number of carboxylic acid groups (broad SMARTS) is 1. The fourth-order valence-corrected chi connectivity index (χ4v) is 5.39. The fourth-order valence-electron chi connectivity index (χ4n) is 5.39. The molecule has 0 bridgehead atoms. The van der Waals surface area contributed by atoms with E-state index in [1.807, 2.05) is 0 Å². The van der Waals surface area contributed by atoms with Gasteiger partial charge in [0, 0.05) is 0 Å². The van der Waals surface area contributed by atoms with Gasteiger partial charge in [-0.2, -0.15) is 0 Å². The predicted molar refractivity (Wildman–Crippen MR) is 153 cm³/mol. The summed E-state index contributed by atoms with van der Waals surface area (Å²) in [5.41, 5.74) is 10.9. The molecule has 35 heavy (non-hydrogen) atoms. The van der Waals surface area contributed by atoms with E-state index in [1.54, 1.807) is 0 Å². The molecular weight excluding hydrogens is 434 g/mol. The zero-order chi connectivity index (χ0) is 26.0. The quantitative estimate of drug-likeness (QED) is 0.0965. The number of hydrogen-bond acceptors (Lipinski definition) is 4. The van der Waals surface area contributed by atoms with Gasteiger partial charge in [0.1, 0.15) is 5.54 Å². The molecule has 0 aliphatic carbocycles. The second kappa shape index (κ2) is 25.0. The van der Waals surface area contributed by atoms with Crippen LogP contribution in [-0.4, -0.2) is 47.7 Å². The molecule has 0 fully saturated rings. The summed E-state index contributed by atoms with van der Waals surface area (Å²) >= 11 is 0. The van der Waals surface area contributed by atoms with Gasteiger partial charge in [0.25, 0.3) is 0 Å². The van der Waals surface area contributed by atoms with Gasteiger partial charge in [-0.3, -0.25) is 9.69 Å². The Labute approximate surface area is 219 Å². The van der Waals surface area contributed by atoms with Crippen LogP contribution in [-0.2, 0) is 4.79 Å². The van der Waals surface area contributed by atoms with Crippen molar-refractivity contribution in [3.63, 3.8) is 0 Å². The smallest absolute Gasteiger partial charge is 0.324 e. The monoisotopic (exact) mass is 497 g/mol. The Bertz CT molecular complexity index is 429. The van der Waals surface area contributed by atoms with Crippen molar-refractivity contribution >= 4 is 5.97 Å². The van der Waals surface area contributed by atoms with Gasteiger partial charge in [-0.25, -0.2) is 0 Å². The zero-order valence-corrected chi connectivity index (χ0v) is 23.8. The highest BCUT2D eigenvalue weighted by molar-refractivity contribution is 5.78. The average Bonchev–Trinajstić information content (AvgIpc) is 2.84. The molecule has 0 saturated heterocycles. The highest BCUT2D eigenvalue weighted by Gasteiger charge is 2.42. The Balaban J connectivity index is 4.49. The van der Waals surface area contributed by atoms with Crippen LogP contribution in [0.5, 0.6) is 0 Å². The third-order valence-corrected chi connectivity index (χ3v) is 7.68. The van der Waals surface area contributed by atoms with Crippen molar-refractivity contribution < 1.29 is 9.90 Å². The molecule has 0 amide bonds. The lowest BCUT2D eigenvalue weighted by Crippen LogP contribution is -2.57. The maximum Gasteiger partial charge on any atom is 0.324 e. The highest BCUT2D eigenvalue weighted by atomic mass is 16.4. The van der Waals surface area contributed by atoms with Crippen LogP contribution in [0, 0.1) is 0 Å². The molecule has 5 nitrogen and oxygen atoms in total. The summed E-state index contributed by atoms with van der Waals surface area (Å²) in [6.07, 6.45) is 26.8. The molecule has 5 heteroatoms. The van der Waals surface area contributed by atoms with Gasteiger partial charge in [-0.1, -0.05) is 129 Å². The molecule has 0 radical (unpaired) electrons. The number of nitrogens with zero attached hydrogens (tertiary/aromatic N) is 1. The van der Waals surface area contributed by atoms with E-state index in [-0.39, 0.29) is 0 Å². The molecule has 0 aromatic carbocycles. The number of rotatable bonds is 28. The minimum Gasteiger partial charge on any atom is -0.480 e. The number of nitrogens with two attached hydrogens (primary N) is 2. The first-order chi connectivity index (χ1) is 17.1. The molecular formula is C30H63N3O2. The summed E-state index contributed by atoms with van der Waals surface area (Å²) in [6, 6.07) is 0. The number of aliphatic carboxylic acids is 1. The average molecular weight is 498 g/mol. The van der Waals surface area contributed by atoms with E-state index >= 15 is 0 Å².